The molecule has 1 amide bonds. The molecule has 0 spiro atoms. The first-order valence-corrected chi connectivity index (χ1v) is 8.40. The Morgan fingerprint density at radius 2 is 1.85 bits per heavy atom. The molecular weight excluding hydrogens is 367 g/mol. The molecular formula is C18H22F3NO5. The van der Waals surface area contributed by atoms with E-state index in [1.54, 1.807) is 20.8 Å². The van der Waals surface area contributed by atoms with Crippen LogP contribution in [0.3, 0.4) is 0 Å². The number of carbonyl (C=O) groups is 2. The molecule has 150 valence electrons. The largest absolute Gasteiger partial charge is 0.484 e. The lowest BCUT2D eigenvalue weighted by atomic mass is 9.54. The van der Waals surface area contributed by atoms with Crippen LogP contribution in [0.4, 0.5) is 13.2 Å². The maximum Gasteiger partial charge on any atom is 0.422 e. The van der Waals surface area contributed by atoms with Crippen molar-refractivity contribution in [2.24, 2.45) is 5.41 Å². The Kier molecular flexibility index (Phi) is 5.74. The maximum absolute atomic E-state index is 12.5. The van der Waals surface area contributed by atoms with Gasteiger partial charge in [-0.2, -0.15) is 13.2 Å². The lowest BCUT2D eigenvalue weighted by Crippen LogP contribution is -2.76. The van der Waals surface area contributed by atoms with Crippen molar-refractivity contribution in [1.29, 1.82) is 0 Å². The summed E-state index contributed by atoms with van der Waals surface area (Å²) in [6.45, 7) is 4.21. The highest BCUT2D eigenvalue weighted by Crippen LogP contribution is 2.51. The third kappa shape index (κ3) is 4.18. The third-order valence-electron chi connectivity index (χ3n) is 4.98. The van der Waals surface area contributed by atoms with Gasteiger partial charge in [0.1, 0.15) is 11.3 Å². The fourth-order valence-electron chi connectivity index (χ4n) is 3.17. The number of amides is 1. The number of ether oxygens (including phenoxy) is 2. The second-order valence-corrected chi connectivity index (χ2v) is 6.96. The van der Waals surface area contributed by atoms with E-state index in [4.69, 9.17) is 4.74 Å². The van der Waals surface area contributed by atoms with Gasteiger partial charge in [0.25, 0.3) is 5.91 Å². The summed E-state index contributed by atoms with van der Waals surface area (Å²) < 4.78 is 46.6. The van der Waals surface area contributed by atoms with E-state index < -0.39 is 35.6 Å². The summed E-state index contributed by atoms with van der Waals surface area (Å²) >= 11 is 0. The summed E-state index contributed by atoms with van der Waals surface area (Å²) in [6, 6.07) is 5.01. The van der Waals surface area contributed by atoms with Gasteiger partial charge in [-0.25, -0.2) is 4.79 Å². The number of halogens is 3. The molecule has 9 heteroatoms. The highest BCUT2D eigenvalue weighted by atomic mass is 19.4. The quantitative estimate of drug-likeness (QED) is 0.749. The van der Waals surface area contributed by atoms with Gasteiger partial charge in [0.15, 0.2) is 6.61 Å². The van der Waals surface area contributed by atoms with Crippen LogP contribution < -0.4 is 10.1 Å². The summed E-state index contributed by atoms with van der Waals surface area (Å²) in [7, 11) is 0. The number of carboxylic acid groups (broad SMARTS) is 1. The van der Waals surface area contributed by atoms with E-state index >= 15 is 0 Å². The van der Waals surface area contributed by atoms with Gasteiger partial charge in [0.2, 0.25) is 0 Å². The van der Waals surface area contributed by atoms with Crippen LogP contribution in [0.5, 0.6) is 5.75 Å². The van der Waals surface area contributed by atoms with Crippen LogP contribution in [0.15, 0.2) is 24.3 Å². The summed E-state index contributed by atoms with van der Waals surface area (Å²) in [6.07, 6.45) is -4.64. The molecule has 0 saturated heterocycles. The lowest BCUT2D eigenvalue weighted by Gasteiger charge is -2.58. The fourth-order valence-corrected chi connectivity index (χ4v) is 3.17. The van der Waals surface area contributed by atoms with Gasteiger partial charge in [0, 0.05) is 24.0 Å². The van der Waals surface area contributed by atoms with Crippen molar-refractivity contribution < 1.29 is 37.3 Å². The number of carbonyl (C=O) groups excluding carboxylic acids is 1. The van der Waals surface area contributed by atoms with E-state index in [1.807, 2.05) is 0 Å². The SMILES string of the molecule is CCOC1CC(NC(=O)c2ccc(OCC(F)(F)F)cc2)(C(=O)O)C1(C)C. The third-order valence-corrected chi connectivity index (χ3v) is 4.98. The van der Waals surface area contributed by atoms with Crippen molar-refractivity contribution in [3.8, 4) is 5.75 Å². The van der Waals surface area contributed by atoms with E-state index in [2.05, 4.69) is 10.1 Å². The van der Waals surface area contributed by atoms with Crippen LogP contribution in [0.1, 0.15) is 37.6 Å². The standard InChI is InChI=1S/C18H22F3NO5/c1-4-26-13-9-17(15(24)25,16(13,2)3)22-14(23)11-5-7-12(8-6-11)27-10-18(19,20)21/h5-8,13H,4,9-10H2,1-3H3,(H,22,23)(H,24,25). The molecule has 2 unspecified atom stereocenters. The molecule has 2 atom stereocenters. The van der Waals surface area contributed by atoms with Gasteiger partial charge < -0.3 is 19.9 Å². The number of hydrogen-bond acceptors (Lipinski definition) is 4. The van der Waals surface area contributed by atoms with Crippen LogP contribution in [0, 0.1) is 5.41 Å². The summed E-state index contributed by atoms with van der Waals surface area (Å²) in [4.78, 5) is 24.4. The fraction of sp³-hybridized carbons (Fsp3) is 0.556. The molecule has 2 rings (SSSR count). The molecule has 0 heterocycles. The van der Waals surface area contributed by atoms with E-state index in [-0.39, 0.29) is 23.8 Å². The molecule has 2 N–H and O–H groups in total. The molecule has 1 aromatic carbocycles. The minimum absolute atomic E-state index is 0.0443. The Labute approximate surface area is 154 Å². The highest BCUT2D eigenvalue weighted by molar-refractivity contribution is 5.98. The molecule has 6 nitrogen and oxygen atoms in total. The van der Waals surface area contributed by atoms with Crippen molar-refractivity contribution in [2.75, 3.05) is 13.2 Å². The zero-order chi connectivity index (χ0) is 20.5. The Morgan fingerprint density at radius 3 is 2.30 bits per heavy atom. The van der Waals surface area contributed by atoms with E-state index in [9.17, 15) is 27.9 Å². The second kappa shape index (κ2) is 7.38. The zero-order valence-corrected chi connectivity index (χ0v) is 15.2. The van der Waals surface area contributed by atoms with Gasteiger partial charge in [0.05, 0.1) is 6.10 Å². The smallest absolute Gasteiger partial charge is 0.422 e. The van der Waals surface area contributed by atoms with E-state index in [1.165, 1.54) is 24.3 Å². The number of nitrogens with one attached hydrogen (secondary N) is 1. The molecule has 1 saturated carbocycles. The number of aliphatic carboxylic acids is 1. The Balaban J connectivity index is 2.10. The Morgan fingerprint density at radius 1 is 1.26 bits per heavy atom. The molecule has 0 aromatic heterocycles. The monoisotopic (exact) mass is 389 g/mol. The van der Waals surface area contributed by atoms with Crippen molar-refractivity contribution in [3.63, 3.8) is 0 Å². The van der Waals surface area contributed by atoms with Gasteiger partial charge >= 0.3 is 12.1 Å². The molecule has 27 heavy (non-hydrogen) atoms. The van der Waals surface area contributed by atoms with Gasteiger partial charge in [-0.3, -0.25) is 4.79 Å². The van der Waals surface area contributed by atoms with Crippen LogP contribution in [-0.2, 0) is 9.53 Å². The summed E-state index contributed by atoms with van der Waals surface area (Å²) in [5.74, 6) is -1.85. The summed E-state index contributed by atoms with van der Waals surface area (Å²) in [5, 5.41) is 12.3. The molecule has 0 aliphatic heterocycles. The van der Waals surface area contributed by atoms with E-state index in [0.29, 0.717) is 6.61 Å². The van der Waals surface area contributed by atoms with Crippen molar-refractivity contribution >= 4 is 11.9 Å². The zero-order valence-electron chi connectivity index (χ0n) is 15.2. The second-order valence-electron chi connectivity index (χ2n) is 6.96. The average Bonchev–Trinajstić information content (AvgIpc) is 2.58. The van der Waals surface area contributed by atoms with Crippen LogP contribution in [-0.4, -0.2) is 48.0 Å². The van der Waals surface area contributed by atoms with Gasteiger partial charge in [-0.15, -0.1) is 0 Å². The number of hydrogen-bond donors (Lipinski definition) is 2. The maximum atomic E-state index is 12.5. The normalized spacial score (nSPS) is 24.0. The van der Waals surface area contributed by atoms with Crippen LogP contribution in [0.25, 0.3) is 0 Å². The Hall–Kier alpha value is -2.29. The van der Waals surface area contributed by atoms with Crippen molar-refractivity contribution in [1.82, 2.24) is 5.32 Å². The predicted molar refractivity (Wildman–Crippen MR) is 89.6 cm³/mol. The first kappa shape index (κ1) is 21.0. The number of rotatable bonds is 7. The van der Waals surface area contributed by atoms with Crippen LogP contribution in [0.2, 0.25) is 0 Å². The number of carboxylic acids is 1. The number of alkyl halides is 3. The molecule has 1 aromatic rings. The molecule has 0 radical (unpaired) electrons. The topological polar surface area (TPSA) is 84.9 Å². The highest BCUT2D eigenvalue weighted by Gasteiger charge is 2.66. The number of benzene rings is 1. The van der Waals surface area contributed by atoms with Crippen molar-refractivity contribution in [3.05, 3.63) is 29.8 Å². The average molecular weight is 389 g/mol. The molecule has 1 aliphatic carbocycles. The summed E-state index contributed by atoms with van der Waals surface area (Å²) in [5.41, 5.74) is -2.21. The molecule has 1 fully saturated rings. The van der Waals surface area contributed by atoms with E-state index in [0.717, 1.165) is 0 Å². The van der Waals surface area contributed by atoms with Gasteiger partial charge in [-0.05, 0) is 31.2 Å². The first-order chi connectivity index (χ1) is 12.4. The predicted octanol–water partition coefficient (Wildman–Crippen LogP) is 3.02. The molecule has 0 bridgehead atoms. The minimum Gasteiger partial charge on any atom is -0.484 e. The van der Waals surface area contributed by atoms with Gasteiger partial charge in [-0.1, -0.05) is 13.8 Å². The first-order valence-electron chi connectivity index (χ1n) is 8.40. The minimum atomic E-state index is -4.46. The molecule has 1 aliphatic rings. The van der Waals surface area contributed by atoms with Crippen LogP contribution >= 0.6 is 0 Å². The lowest BCUT2D eigenvalue weighted by molar-refractivity contribution is -0.190. The van der Waals surface area contributed by atoms with Crippen molar-refractivity contribution in [2.45, 2.75) is 45.0 Å². The Bertz CT molecular complexity index is 702.